The third kappa shape index (κ3) is 7.41. The summed E-state index contributed by atoms with van der Waals surface area (Å²) < 4.78 is 0. The van der Waals surface area contributed by atoms with Crippen LogP contribution in [0.4, 0.5) is 0 Å². The zero-order valence-corrected chi connectivity index (χ0v) is 15.0. The number of hydrogen-bond donors (Lipinski definition) is 7. The molecule has 0 fully saturated rings. The highest BCUT2D eigenvalue weighted by Crippen LogP contribution is 2.01. The van der Waals surface area contributed by atoms with E-state index in [0.717, 1.165) is 0 Å². The first-order chi connectivity index (χ1) is 13.1. The molecular formula is C15H22N6O7. The maximum Gasteiger partial charge on any atom is 0.326 e. The fourth-order valence-corrected chi connectivity index (χ4v) is 2.13. The van der Waals surface area contributed by atoms with Crippen molar-refractivity contribution in [2.24, 2.45) is 5.73 Å². The second-order valence-electron chi connectivity index (χ2n) is 5.83. The molecule has 0 radical (unpaired) electrons. The lowest BCUT2D eigenvalue weighted by Crippen LogP contribution is -2.56. The standard InChI is InChI=1S/C15H22N6O7/c1-7(13(25)21-10(15(27)28)3-12(23)24)19-14(26)9(20-11(22)4-16)2-8-5-17-6-18-8/h5-7,9-10H,2-4,16H2,1H3,(H,17,18)(H,19,26)(H,20,22)(H,21,25)(H,23,24)(H,27,28). The molecule has 13 heteroatoms. The van der Waals surface area contributed by atoms with Crippen molar-refractivity contribution in [2.45, 2.75) is 37.9 Å². The van der Waals surface area contributed by atoms with E-state index >= 15 is 0 Å². The Hall–Kier alpha value is -3.48. The van der Waals surface area contributed by atoms with Crippen LogP contribution in [-0.4, -0.2) is 74.5 Å². The summed E-state index contributed by atoms with van der Waals surface area (Å²) >= 11 is 0. The number of nitrogens with two attached hydrogens (primary N) is 1. The highest BCUT2D eigenvalue weighted by molar-refractivity contribution is 5.94. The van der Waals surface area contributed by atoms with Crippen LogP contribution < -0.4 is 21.7 Å². The zero-order valence-electron chi connectivity index (χ0n) is 15.0. The number of carboxylic acid groups (broad SMARTS) is 2. The smallest absolute Gasteiger partial charge is 0.326 e. The summed E-state index contributed by atoms with van der Waals surface area (Å²) in [6.45, 7) is 0.934. The molecule has 0 spiro atoms. The van der Waals surface area contributed by atoms with E-state index in [0.29, 0.717) is 5.69 Å². The second-order valence-corrected chi connectivity index (χ2v) is 5.83. The number of hydrogen-bond acceptors (Lipinski definition) is 7. The summed E-state index contributed by atoms with van der Waals surface area (Å²) in [5.74, 6) is -5.14. The Balaban J connectivity index is 2.75. The molecule has 13 nitrogen and oxygen atoms in total. The number of nitrogens with one attached hydrogen (secondary N) is 4. The second kappa shape index (κ2) is 10.6. The minimum atomic E-state index is -1.65. The lowest BCUT2D eigenvalue weighted by molar-refractivity contribution is -0.147. The quantitative estimate of drug-likeness (QED) is 0.201. The Morgan fingerprint density at radius 1 is 1.11 bits per heavy atom. The average molecular weight is 398 g/mol. The maximum absolute atomic E-state index is 12.4. The lowest BCUT2D eigenvalue weighted by Gasteiger charge is -2.21. The molecule has 0 aliphatic rings. The average Bonchev–Trinajstić information content (AvgIpc) is 3.12. The summed E-state index contributed by atoms with van der Waals surface area (Å²) in [5, 5.41) is 24.4. The molecule has 0 aliphatic heterocycles. The molecule has 3 unspecified atom stereocenters. The van der Waals surface area contributed by atoms with Gasteiger partial charge in [0, 0.05) is 18.3 Å². The first-order valence-corrected chi connectivity index (χ1v) is 8.16. The van der Waals surface area contributed by atoms with Gasteiger partial charge in [-0.1, -0.05) is 0 Å². The number of carboxylic acids is 2. The highest BCUT2D eigenvalue weighted by Gasteiger charge is 2.28. The molecular weight excluding hydrogens is 376 g/mol. The zero-order chi connectivity index (χ0) is 21.3. The number of rotatable bonds is 11. The van der Waals surface area contributed by atoms with Crippen LogP contribution >= 0.6 is 0 Å². The van der Waals surface area contributed by atoms with Crippen LogP contribution in [0.3, 0.4) is 0 Å². The SMILES string of the molecule is CC(NC(=O)C(Cc1cnc[nH]1)NC(=O)CN)C(=O)NC(CC(=O)O)C(=O)O. The van der Waals surface area contributed by atoms with Crippen molar-refractivity contribution in [2.75, 3.05) is 6.54 Å². The molecule has 154 valence electrons. The van der Waals surface area contributed by atoms with Gasteiger partial charge in [0.15, 0.2) is 0 Å². The van der Waals surface area contributed by atoms with E-state index in [1.165, 1.54) is 19.4 Å². The predicted octanol–water partition coefficient (Wildman–Crippen LogP) is -3.06. The predicted molar refractivity (Wildman–Crippen MR) is 92.7 cm³/mol. The number of H-pyrrole nitrogens is 1. The number of nitrogens with zero attached hydrogens (tertiary/aromatic N) is 1. The number of aromatic amines is 1. The minimum absolute atomic E-state index is 0.0443. The van der Waals surface area contributed by atoms with Crippen LogP contribution in [0.1, 0.15) is 19.0 Å². The Bertz CT molecular complexity index is 720. The van der Waals surface area contributed by atoms with Crippen LogP contribution in [-0.2, 0) is 30.4 Å². The number of imidazole rings is 1. The fraction of sp³-hybridized carbons (Fsp3) is 0.467. The van der Waals surface area contributed by atoms with Crippen LogP contribution in [0.15, 0.2) is 12.5 Å². The molecule has 1 aromatic rings. The number of aliphatic carboxylic acids is 2. The van der Waals surface area contributed by atoms with Crippen molar-refractivity contribution < 1.29 is 34.2 Å². The molecule has 3 amide bonds. The van der Waals surface area contributed by atoms with E-state index in [1.54, 1.807) is 0 Å². The van der Waals surface area contributed by atoms with Gasteiger partial charge in [0.1, 0.15) is 18.1 Å². The van der Waals surface area contributed by atoms with Crippen molar-refractivity contribution in [3.05, 3.63) is 18.2 Å². The van der Waals surface area contributed by atoms with Crippen LogP contribution in [0.5, 0.6) is 0 Å². The Morgan fingerprint density at radius 2 is 1.79 bits per heavy atom. The van der Waals surface area contributed by atoms with Gasteiger partial charge in [0.2, 0.25) is 17.7 Å². The van der Waals surface area contributed by atoms with Gasteiger partial charge >= 0.3 is 11.9 Å². The van der Waals surface area contributed by atoms with Gasteiger partial charge in [-0.2, -0.15) is 0 Å². The molecule has 0 aliphatic carbocycles. The van der Waals surface area contributed by atoms with Gasteiger partial charge in [-0.25, -0.2) is 9.78 Å². The molecule has 0 saturated heterocycles. The summed E-state index contributed by atoms with van der Waals surface area (Å²) in [6.07, 6.45) is 2.06. The molecule has 0 saturated carbocycles. The van der Waals surface area contributed by atoms with E-state index in [1.807, 2.05) is 5.32 Å². The number of carbonyl (C=O) groups is 5. The maximum atomic E-state index is 12.4. The molecule has 0 bridgehead atoms. The Labute approximate surface area is 159 Å². The van der Waals surface area contributed by atoms with E-state index in [9.17, 15) is 24.0 Å². The van der Waals surface area contributed by atoms with Crippen LogP contribution in [0, 0.1) is 0 Å². The van der Waals surface area contributed by atoms with Crippen molar-refractivity contribution in [3.63, 3.8) is 0 Å². The van der Waals surface area contributed by atoms with Crippen LogP contribution in [0.2, 0.25) is 0 Å². The van der Waals surface area contributed by atoms with Gasteiger partial charge in [-0.05, 0) is 6.92 Å². The molecule has 3 atom stereocenters. The lowest BCUT2D eigenvalue weighted by atomic mass is 10.1. The summed E-state index contributed by atoms with van der Waals surface area (Å²) in [7, 11) is 0. The number of aromatic nitrogens is 2. The van der Waals surface area contributed by atoms with E-state index in [4.69, 9.17) is 15.9 Å². The van der Waals surface area contributed by atoms with Crippen molar-refractivity contribution >= 4 is 29.7 Å². The number of carbonyl (C=O) groups excluding carboxylic acids is 3. The summed E-state index contributed by atoms with van der Waals surface area (Å²) in [4.78, 5) is 64.4. The molecule has 28 heavy (non-hydrogen) atoms. The normalized spacial score (nSPS) is 13.6. The molecule has 1 heterocycles. The molecule has 1 rings (SSSR count). The largest absolute Gasteiger partial charge is 0.481 e. The highest BCUT2D eigenvalue weighted by atomic mass is 16.4. The fourth-order valence-electron chi connectivity index (χ4n) is 2.13. The number of amides is 3. The van der Waals surface area contributed by atoms with Crippen molar-refractivity contribution in [1.82, 2.24) is 25.9 Å². The van der Waals surface area contributed by atoms with Gasteiger partial charge in [-0.15, -0.1) is 0 Å². The Kier molecular flexibility index (Phi) is 8.55. The van der Waals surface area contributed by atoms with Gasteiger partial charge in [-0.3, -0.25) is 19.2 Å². The third-order valence-electron chi connectivity index (χ3n) is 3.56. The van der Waals surface area contributed by atoms with Crippen molar-refractivity contribution in [1.29, 1.82) is 0 Å². The first-order valence-electron chi connectivity index (χ1n) is 8.16. The van der Waals surface area contributed by atoms with Crippen molar-refractivity contribution in [3.8, 4) is 0 Å². The van der Waals surface area contributed by atoms with Gasteiger partial charge in [0.25, 0.3) is 0 Å². The Morgan fingerprint density at radius 3 is 2.29 bits per heavy atom. The molecule has 8 N–H and O–H groups in total. The van der Waals surface area contributed by atoms with E-state index < -0.39 is 54.2 Å². The third-order valence-corrected chi connectivity index (χ3v) is 3.56. The first kappa shape index (κ1) is 22.6. The van der Waals surface area contributed by atoms with Gasteiger partial charge < -0.3 is 36.9 Å². The molecule has 1 aromatic heterocycles. The minimum Gasteiger partial charge on any atom is -0.481 e. The molecule has 0 aromatic carbocycles. The van der Waals surface area contributed by atoms with Crippen LogP contribution in [0.25, 0.3) is 0 Å². The van der Waals surface area contributed by atoms with E-state index in [-0.39, 0.29) is 13.0 Å². The van der Waals surface area contributed by atoms with Gasteiger partial charge in [0.05, 0.1) is 19.3 Å². The van der Waals surface area contributed by atoms with E-state index in [2.05, 4.69) is 20.6 Å². The monoisotopic (exact) mass is 398 g/mol. The summed E-state index contributed by atoms with van der Waals surface area (Å²) in [6, 6.07) is -3.91. The topological polar surface area (TPSA) is 217 Å². The summed E-state index contributed by atoms with van der Waals surface area (Å²) in [5.41, 5.74) is 5.78.